The quantitative estimate of drug-likeness (QED) is 0.510. The van der Waals surface area contributed by atoms with Crippen LogP contribution in [0.3, 0.4) is 0 Å². The van der Waals surface area contributed by atoms with Crippen molar-refractivity contribution in [3.8, 4) is 0 Å². The maximum Gasteiger partial charge on any atom is 0.282 e. The molecule has 1 amide bonds. The van der Waals surface area contributed by atoms with Crippen LogP contribution in [-0.4, -0.2) is 96.4 Å². The molecule has 4 aliphatic heterocycles. The van der Waals surface area contributed by atoms with Crippen LogP contribution >= 0.6 is 0 Å². The first kappa shape index (κ1) is 24.8. The lowest BCUT2D eigenvalue weighted by atomic mass is 9.99. The monoisotopic (exact) mass is 520 g/mol. The lowest BCUT2D eigenvalue weighted by Gasteiger charge is -2.42. The normalized spacial score (nSPS) is 30.7. The van der Waals surface area contributed by atoms with Crippen molar-refractivity contribution < 1.29 is 17.7 Å². The van der Waals surface area contributed by atoms with Crippen LogP contribution in [0.2, 0.25) is 0 Å². The summed E-state index contributed by atoms with van der Waals surface area (Å²) >= 11 is 0. The number of carbonyl (C=O) groups is 1. The largest absolute Gasteiger partial charge is 0.360 e. The molecule has 36 heavy (non-hydrogen) atoms. The number of aromatic nitrogens is 1. The van der Waals surface area contributed by atoms with E-state index in [1.807, 2.05) is 0 Å². The summed E-state index contributed by atoms with van der Waals surface area (Å²) in [6.45, 7) is 5.65. The van der Waals surface area contributed by atoms with E-state index in [1.54, 1.807) is 14.7 Å². The van der Waals surface area contributed by atoms with Gasteiger partial charge in [0.15, 0.2) is 5.69 Å². The Bertz CT molecular complexity index is 1020. The molecule has 4 saturated heterocycles. The number of fused-ring (bicyclic) bond motifs is 2. The van der Waals surface area contributed by atoms with Gasteiger partial charge in [-0.3, -0.25) is 4.79 Å². The molecule has 5 heterocycles. The standard InChI is InChI=1S/C25H40N6O4S/c32-25(23-17-24(35-28-23)18-3-4-18)27-20-15-21-5-6-22(16-20)31(21)36(33,34)30-12-7-19(8-13-30)26-9-14-29-10-1-2-11-29/h17-22,26H,1-16H2,(H,27,32)/t20-,21+,22-. The average molecular weight is 521 g/mol. The molecule has 1 aromatic rings. The number of piperidine rings is 2. The number of nitrogens with one attached hydrogen (secondary N) is 2. The van der Waals surface area contributed by atoms with Gasteiger partial charge in [-0.15, -0.1) is 0 Å². The highest BCUT2D eigenvalue weighted by atomic mass is 32.2. The van der Waals surface area contributed by atoms with Crippen LogP contribution in [0, 0.1) is 0 Å². The molecule has 0 radical (unpaired) electrons. The molecule has 6 rings (SSSR count). The molecule has 2 bridgehead atoms. The molecule has 11 heteroatoms. The number of hydrogen-bond donors (Lipinski definition) is 2. The van der Waals surface area contributed by atoms with Gasteiger partial charge in [-0.2, -0.15) is 17.0 Å². The first-order valence-electron chi connectivity index (χ1n) is 14.0. The van der Waals surface area contributed by atoms with E-state index in [2.05, 4.69) is 20.7 Å². The van der Waals surface area contributed by atoms with Crippen LogP contribution in [0.1, 0.15) is 86.4 Å². The van der Waals surface area contributed by atoms with Gasteiger partial charge in [-0.05, 0) is 77.3 Å². The van der Waals surface area contributed by atoms with E-state index >= 15 is 0 Å². The van der Waals surface area contributed by atoms with Crippen molar-refractivity contribution in [2.45, 2.75) is 94.3 Å². The second-order valence-electron chi connectivity index (χ2n) is 11.4. The lowest BCUT2D eigenvalue weighted by Crippen LogP contribution is -2.57. The van der Waals surface area contributed by atoms with Gasteiger partial charge in [0, 0.05) is 62.3 Å². The molecule has 2 N–H and O–H groups in total. The van der Waals surface area contributed by atoms with E-state index in [9.17, 15) is 13.2 Å². The lowest BCUT2D eigenvalue weighted by molar-refractivity contribution is 0.0897. The molecule has 0 spiro atoms. The third-order valence-corrected chi connectivity index (χ3v) is 11.0. The summed E-state index contributed by atoms with van der Waals surface area (Å²) < 4.78 is 36.1. The second-order valence-corrected chi connectivity index (χ2v) is 13.3. The fourth-order valence-corrected chi connectivity index (χ4v) is 8.78. The number of amides is 1. The first-order chi connectivity index (χ1) is 17.5. The van der Waals surface area contributed by atoms with Crippen molar-refractivity contribution >= 4 is 16.1 Å². The first-order valence-corrected chi connectivity index (χ1v) is 15.4. The highest BCUT2D eigenvalue weighted by Crippen LogP contribution is 2.41. The maximum atomic E-state index is 13.6. The average Bonchev–Trinajstić information content (AvgIpc) is 3.25. The zero-order chi connectivity index (χ0) is 24.7. The molecule has 3 atom stereocenters. The van der Waals surface area contributed by atoms with E-state index in [1.165, 1.54) is 25.9 Å². The van der Waals surface area contributed by atoms with Crippen molar-refractivity contribution in [3.05, 3.63) is 17.5 Å². The van der Waals surface area contributed by atoms with Gasteiger partial charge in [0.25, 0.3) is 16.1 Å². The minimum Gasteiger partial charge on any atom is -0.360 e. The molecular formula is C25H40N6O4S. The van der Waals surface area contributed by atoms with Gasteiger partial charge in [-0.1, -0.05) is 5.16 Å². The van der Waals surface area contributed by atoms with Gasteiger partial charge in [0.05, 0.1) is 0 Å². The van der Waals surface area contributed by atoms with Crippen LogP contribution in [0.5, 0.6) is 0 Å². The van der Waals surface area contributed by atoms with Crippen LogP contribution in [0.15, 0.2) is 10.6 Å². The molecule has 0 aromatic carbocycles. The minimum atomic E-state index is -3.49. The predicted octanol–water partition coefficient (Wildman–Crippen LogP) is 1.67. The van der Waals surface area contributed by atoms with Crippen molar-refractivity contribution in [1.82, 2.24) is 29.3 Å². The molecule has 5 fully saturated rings. The van der Waals surface area contributed by atoms with Crippen molar-refractivity contribution in [3.63, 3.8) is 0 Å². The van der Waals surface area contributed by atoms with E-state index in [0.717, 1.165) is 57.4 Å². The fourth-order valence-electron chi connectivity index (χ4n) is 6.70. The molecule has 200 valence electrons. The van der Waals surface area contributed by atoms with Crippen molar-refractivity contribution in [1.29, 1.82) is 0 Å². The number of rotatable bonds is 9. The third kappa shape index (κ3) is 5.22. The van der Waals surface area contributed by atoms with E-state index in [-0.39, 0.29) is 24.0 Å². The minimum absolute atomic E-state index is 0.0342. The molecule has 0 unspecified atom stereocenters. The fraction of sp³-hybridized carbons (Fsp3) is 0.840. The maximum absolute atomic E-state index is 13.6. The zero-order valence-electron chi connectivity index (χ0n) is 21.1. The SMILES string of the molecule is O=C(N[C@H]1C[C@H]2CC[C@@H](C1)N2S(=O)(=O)N1CCC(NCCN2CCCC2)CC1)c1cc(C2CC2)on1. The summed E-state index contributed by atoms with van der Waals surface area (Å²) in [6.07, 6.45) is 9.57. The predicted molar refractivity (Wildman–Crippen MR) is 135 cm³/mol. The van der Waals surface area contributed by atoms with Gasteiger partial charge in [0.1, 0.15) is 5.76 Å². The number of likely N-dealkylation sites (tertiary alicyclic amines) is 1. The highest BCUT2D eigenvalue weighted by molar-refractivity contribution is 7.86. The molecule has 1 aromatic heterocycles. The Kier molecular flexibility index (Phi) is 7.11. The van der Waals surface area contributed by atoms with Crippen molar-refractivity contribution in [2.24, 2.45) is 0 Å². The molecule has 10 nitrogen and oxygen atoms in total. The number of carbonyl (C=O) groups excluding carboxylic acids is 1. The summed E-state index contributed by atoms with van der Waals surface area (Å²) in [6, 6.07) is 2.03. The Hall–Kier alpha value is -1.53. The summed E-state index contributed by atoms with van der Waals surface area (Å²) in [5, 5.41) is 10.7. The Morgan fingerprint density at radius 3 is 2.33 bits per heavy atom. The summed E-state index contributed by atoms with van der Waals surface area (Å²) in [5.74, 6) is 0.997. The molecular weight excluding hydrogens is 480 g/mol. The van der Waals surface area contributed by atoms with Crippen LogP contribution in [0.4, 0.5) is 0 Å². The van der Waals surface area contributed by atoms with Crippen molar-refractivity contribution in [2.75, 3.05) is 39.3 Å². The van der Waals surface area contributed by atoms with Gasteiger partial charge >= 0.3 is 0 Å². The van der Waals surface area contributed by atoms with Crippen LogP contribution in [0.25, 0.3) is 0 Å². The molecule has 5 aliphatic rings. The molecule has 1 aliphatic carbocycles. The van der Waals surface area contributed by atoms with Crippen LogP contribution in [-0.2, 0) is 10.2 Å². The number of hydrogen-bond acceptors (Lipinski definition) is 7. The Morgan fingerprint density at radius 2 is 1.67 bits per heavy atom. The Morgan fingerprint density at radius 1 is 0.972 bits per heavy atom. The Balaban J connectivity index is 0.992. The number of nitrogens with zero attached hydrogens (tertiary/aromatic N) is 4. The Labute approximate surface area is 214 Å². The third-order valence-electron chi connectivity index (χ3n) is 8.85. The highest BCUT2D eigenvalue weighted by Gasteiger charge is 2.49. The van der Waals surface area contributed by atoms with Gasteiger partial charge < -0.3 is 20.1 Å². The summed E-state index contributed by atoms with van der Waals surface area (Å²) in [7, 11) is -3.49. The van der Waals surface area contributed by atoms with Gasteiger partial charge in [-0.25, -0.2) is 0 Å². The van der Waals surface area contributed by atoms with Crippen LogP contribution < -0.4 is 10.6 Å². The molecule has 1 saturated carbocycles. The zero-order valence-corrected chi connectivity index (χ0v) is 21.9. The summed E-state index contributed by atoms with van der Waals surface area (Å²) in [5.41, 5.74) is 0.330. The van der Waals surface area contributed by atoms with E-state index in [0.29, 0.717) is 43.6 Å². The van der Waals surface area contributed by atoms with E-state index < -0.39 is 10.2 Å². The topological polar surface area (TPSA) is 111 Å². The van der Waals surface area contributed by atoms with Gasteiger partial charge in [0.2, 0.25) is 0 Å². The summed E-state index contributed by atoms with van der Waals surface area (Å²) in [4.78, 5) is 15.2. The smallest absolute Gasteiger partial charge is 0.282 e. The van der Waals surface area contributed by atoms with E-state index in [4.69, 9.17) is 4.52 Å². The second kappa shape index (κ2) is 10.3.